The zero-order valence-corrected chi connectivity index (χ0v) is 12.5. The Kier molecular flexibility index (Phi) is 6.40. The Balaban J connectivity index is 2.45. The summed E-state index contributed by atoms with van der Waals surface area (Å²) in [5.41, 5.74) is 1.70. The van der Waals surface area contributed by atoms with Crippen molar-refractivity contribution in [3.05, 3.63) is 29.8 Å². The fourth-order valence-corrected chi connectivity index (χ4v) is 1.83. The number of rotatable bonds is 7. The number of ether oxygens (including phenoxy) is 1. The molecule has 0 aromatic heterocycles. The molecule has 0 saturated carbocycles. The van der Waals surface area contributed by atoms with Gasteiger partial charge in [-0.25, -0.2) is 4.79 Å². The van der Waals surface area contributed by atoms with Gasteiger partial charge in [0, 0.05) is 19.8 Å². The first kappa shape index (κ1) is 15.5. The van der Waals surface area contributed by atoms with E-state index in [1.54, 1.807) is 0 Å². The highest BCUT2D eigenvalue weighted by molar-refractivity contribution is 5.89. The summed E-state index contributed by atoms with van der Waals surface area (Å²) in [4.78, 5) is 13.9. The molecule has 0 N–H and O–H groups in total. The van der Waals surface area contributed by atoms with Crippen LogP contribution < -0.4 is 4.90 Å². The fourth-order valence-electron chi connectivity index (χ4n) is 1.83. The van der Waals surface area contributed by atoms with Gasteiger partial charge in [0.05, 0.1) is 12.2 Å². The van der Waals surface area contributed by atoms with Crippen LogP contribution in [0.3, 0.4) is 0 Å². The quantitative estimate of drug-likeness (QED) is 0.702. The van der Waals surface area contributed by atoms with E-state index < -0.39 is 0 Å². The molecule has 0 aliphatic carbocycles. The minimum absolute atomic E-state index is 0.228. The standard InChI is InChI=1S/C16H25NO2/c1-5-6-7-13(2)12-19-16(18)14-8-10-15(11-9-14)17(3)4/h8-11,13H,5-7,12H2,1-4H3/t13-/m1/s1. The van der Waals surface area contributed by atoms with Gasteiger partial charge in [-0.15, -0.1) is 0 Å². The van der Waals surface area contributed by atoms with Crippen LogP contribution in [0.2, 0.25) is 0 Å². The van der Waals surface area contributed by atoms with E-state index in [4.69, 9.17) is 4.74 Å². The van der Waals surface area contributed by atoms with Crippen molar-refractivity contribution in [3.8, 4) is 0 Å². The molecule has 1 atom stereocenters. The van der Waals surface area contributed by atoms with Gasteiger partial charge in [-0.05, 0) is 36.6 Å². The third-order valence-corrected chi connectivity index (χ3v) is 3.17. The molecule has 0 saturated heterocycles. The van der Waals surface area contributed by atoms with Crippen LogP contribution in [0.25, 0.3) is 0 Å². The first-order valence-electron chi connectivity index (χ1n) is 6.99. The molecule has 0 aliphatic rings. The van der Waals surface area contributed by atoms with Crippen LogP contribution in [0.4, 0.5) is 5.69 Å². The molecule has 19 heavy (non-hydrogen) atoms. The normalized spacial score (nSPS) is 12.0. The summed E-state index contributed by atoms with van der Waals surface area (Å²) in [6.07, 6.45) is 3.49. The molecule has 0 heterocycles. The lowest BCUT2D eigenvalue weighted by molar-refractivity contribution is 0.0443. The highest BCUT2D eigenvalue weighted by Crippen LogP contribution is 2.14. The summed E-state index contributed by atoms with van der Waals surface area (Å²) in [5.74, 6) is 0.207. The van der Waals surface area contributed by atoms with Crippen LogP contribution in [0.15, 0.2) is 24.3 Å². The molecule has 0 fully saturated rings. The van der Waals surface area contributed by atoms with Crippen molar-refractivity contribution in [2.45, 2.75) is 33.1 Å². The van der Waals surface area contributed by atoms with Gasteiger partial charge in [-0.1, -0.05) is 26.7 Å². The monoisotopic (exact) mass is 263 g/mol. The topological polar surface area (TPSA) is 29.5 Å². The number of benzene rings is 1. The minimum atomic E-state index is -0.228. The number of anilines is 1. The van der Waals surface area contributed by atoms with Crippen LogP contribution in [-0.4, -0.2) is 26.7 Å². The summed E-state index contributed by atoms with van der Waals surface area (Å²) in [6, 6.07) is 7.48. The number of carbonyl (C=O) groups is 1. The Hall–Kier alpha value is -1.51. The maximum Gasteiger partial charge on any atom is 0.338 e. The molecule has 1 aromatic carbocycles. The van der Waals surface area contributed by atoms with Crippen LogP contribution in [0.1, 0.15) is 43.5 Å². The number of carbonyl (C=O) groups excluding carboxylic acids is 1. The summed E-state index contributed by atoms with van der Waals surface area (Å²) >= 11 is 0. The molecular weight excluding hydrogens is 238 g/mol. The number of nitrogens with zero attached hydrogens (tertiary/aromatic N) is 1. The third kappa shape index (κ3) is 5.33. The molecule has 0 aliphatic heterocycles. The van der Waals surface area contributed by atoms with Gasteiger partial charge in [0.25, 0.3) is 0 Å². The lowest BCUT2D eigenvalue weighted by Gasteiger charge is -2.13. The molecule has 3 nitrogen and oxygen atoms in total. The second-order valence-electron chi connectivity index (χ2n) is 5.29. The third-order valence-electron chi connectivity index (χ3n) is 3.17. The van der Waals surface area contributed by atoms with E-state index in [-0.39, 0.29) is 5.97 Å². The Bertz CT molecular complexity index is 384. The average molecular weight is 263 g/mol. The maximum absolute atomic E-state index is 11.9. The van der Waals surface area contributed by atoms with E-state index >= 15 is 0 Å². The van der Waals surface area contributed by atoms with Gasteiger partial charge in [0.1, 0.15) is 0 Å². The van der Waals surface area contributed by atoms with Crippen molar-refractivity contribution < 1.29 is 9.53 Å². The Morgan fingerprint density at radius 3 is 2.42 bits per heavy atom. The Labute approximate surface area is 116 Å². The highest BCUT2D eigenvalue weighted by Gasteiger charge is 2.10. The summed E-state index contributed by atoms with van der Waals surface area (Å²) in [5, 5.41) is 0. The van der Waals surface area contributed by atoms with E-state index in [1.807, 2.05) is 43.3 Å². The maximum atomic E-state index is 11.9. The number of hydrogen-bond acceptors (Lipinski definition) is 3. The highest BCUT2D eigenvalue weighted by atomic mass is 16.5. The lowest BCUT2D eigenvalue weighted by atomic mass is 10.1. The molecule has 106 valence electrons. The lowest BCUT2D eigenvalue weighted by Crippen LogP contribution is -2.13. The van der Waals surface area contributed by atoms with Crippen LogP contribution in [-0.2, 0) is 4.74 Å². The van der Waals surface area contributed by atoms with Gasteiger partial charge in [0.15, 0.2) is 0 Å². The van der Waals surface area contributed by atoms with Gasteiger partial charge < -0.3 is 9.64 Å². The van der Waals surface area contributed by atoms with Crippen LogP contribution in [0.5, 0.6) is 0 Å². The van der Waals surface area contributed by atoms with E-state index in [9.17, 15) is 4.79 Å². The predicted molar refractivity (Wildman–Crippen MR) is 79.7 cm³/mol. The second-order valence-corrected chi connectivity index (χ2v) is 5.29. The molecule has 0 unspecified atom stereocenters. The SMILES string of the molecule is CCCC[C@@H](C)COC(=O)c1ccc(N(C)C)cc1. The Morgan fingerprint density at radius 2 is 1.89 bits per heavy atom. The number of esters is 1. The van der Waals surface area contributed by atoms with Gasteiger partial charge >= 0.3 is 5.97 Å². The average Bonchev–Trinajstić information content (AvgIpc) is 2.42. The molecule has 0 spiro atoms. The molecule has 0 bridgehead atoms. The molecule has 1 aromatic rings. The molecular formula is C16H25NO2. The fraction of sp³-hybridized carbons (Fsp3) is 0.562. The molecule has 1 rings (SSSR count). The van der Waals surface area contributed by atoms with Gasteiger partial charge in [-0.3, -0.25) is 0 Å². The second kappa shape index (κ2) is 7.82. The van der Waals surface area contributed by atoms with Crippen molar-refractivity contribution in [2.75, 3.05) is 25.6 Å². The van der Waals surface area contributed by atoms with E-state index in [0.717, 1.165) is 12.1 Å². The van der Waals surface area contributed by atoms with Crippen molar-refractivity contribution in [1.82, 2.24) is 0 Å². The van der Waals surface area contributed by atoms with Crippen molar-refractivity contribution in [2.24, 2.45) is 5.92 Å². The number of unbranched alkanes of at least 4 members (excludes halogenated alkanes) is 1. The van der Waals surface area contributed by atoms with Gasteiger partial charge in [0.2, 0.25) is 0 Å². The molecule has 3 heteroatoms. The zero-order valence-electron chi connectivity index (χ0n) is 12.5. The first-order chi connectivity index (χ1) is 9.04. The first-order valence-corrected chi connectivity index (χ1v) is 6.99. The molecule has 0 radical (unpaired) electrons. The summed E-state index contributed by atoms with van der Waals surface area (Å²) < 4.78 is 5.33. The van der Waals surface area contributed by atoms with Crippen molar-refractivity contribution in [3.63, 3.8) is 0 Å². The largest absolute Gasteiger partial charge is 0.462 e. The van der Waals surface area contributed by atoms with Crippen LogP contribution >= 0.6 is 0 Å². The smallest absolute Gasteiger partial charge is 0.338 e. The minimum Gasteiger partial charge on any atom is -0.462 e. The van der Waals surface area contributed by atoms with Gasteiger partial charge in [-0.2, -0.15) is 0 Å². The van der Waals surface area contributed by atoms with Crippen LogP contribution in [0, 0.1) is 5.92 Å². The Morgan fingerprint density at radius 1 is 1.26 bits per heavy atom. The van der Waals surface area contributed by atoms with Crippen molar-refractivity contribution in [1.29, 1.82) is 0 Å². The zero-order chi connectivity index (χ0) is 14.3. The predicted octanol–water partition coefficient (Wildman–Crippen LogP) is 3.74. The van der Waals surface area contributed by atoms with E-state index in [1.165, 1.54) is 12.8 Å². The van der Waals surface area contributed by atoms with Crippen molar-refractivity contribution >= 4 is 11.7 Å². The summed E-state index contributed by atoms with van der Waals surface area (Å²) in [6.45, 7) is 4.80. The van der Waals surface area contributed by atoms with E-state index in [0.29, 0.717) is 18.1 Å². The molecule has 0 amide bonds. The number of hydrogen-bond donors (Lipinski definition) is 0. The summed E-state index contributed by atoms with van der Waals surface area (Å²) in [7, 11) is 3.95. The van der Waals surface area contributed by atoms with E-state index in [2.05, 4.69) is 13.8 Å².